The molecule has 1 aliphatic rings. The number of amides is 3. The molecule has 1 aromatic rings. The molecule has 1 aromatic carbocycles. The van der Waals surface area contributed by atoms with E-state index < -0.39 is 18.0 Å². The first kappa shape index (κ1) is 21.0. The molecule has 28 heavy (non-hydrogen) atoms. The Bertz CT molecular complexity index is 709. The lowest BCUT2D eigenvalue weighted by Gasteiger charge is -2.15. The topological polar surface area (TPSA) is 141 Å². The zero-order valence-corrected chi connectivity index (χ0v) is 15.5. The van der Waals surface area contributed by atoms with Crippen LogP contribution in [0.1, 0.15) is 18.4 Å². The molecule has 2 atom stereocenters. The summed E-state index contributed by atoms with van der Waals surface area (Å²) in [6.45, 7) is 0.289. The zero-order chi connectivity index (χ0) is 20.4. The molecule has 0 aliphatic carbocycles. The van der Waals surface area contributed by atoms with Crippen LogP contribution in [0.2, 0.25) is 0 Å². The molecule has 3 amide bonds. The molecular weight excluding hydrogens is 368 g/mol. The quantitative estimate of drug-likeness (QED) is 0.441. The normalized spacial score (nSPS) is 16.3. The van der Waals surface area contributed by atoms with Gasteiger partial charge in [-0.05, 0) is 12.0 Å². The zero-order valence-electron chi connectivity index (χ0n) is 15.5. The molecular formula is C18H24N4O6. The second-order valence-corrected chi connectivity index (χ2v) is 6.00. The van der Waals surface area contributed by atoms with Crippen LogP contribution in [-0.2, 0) is 30.5 Å². The van der Waals surface area contributed by atoms with E-state index in [1.807, 2.05) is 18.2 Å². The van der Waals surface area contributed by atoms with Crippen LogP contribution >= 0.6 is 0 Å². The smallest absolute Gasteiger partial charge is 0.408 e. The number of alkyl carbamates (subject to hydrolysis) is 1. The standard InChI is InChI=1S/C18H24N4O6/c1-26-16-9-13(28-22-16)10-20-15(23)8-7-14(17(19)24)21-18(25)27-11-12-5-3-2-4-6-12/h2-6,9,13-14,22H,7-8,10-11H2,1H3,(H2,19,24)(H,20,23)(H,21,25)/t13?,14-/m0/s1. The molecule has 1 aliphatic heterocycles. The molecule has 0 fully saturated rings. The van der Waals surface area contributed by atoms with Crippen LogP contribution in [0.3, 0.4) is 0 Å². The van der Waals surface area contributed by atoms with Crippen molar-refractivity contribution in [1.82, 2.24) is 16.1 Å². The highest BCUT2D eigenvalue weighted by atomic mass is 16.7. The van der Waals surface area contributed by atoms with Crippen molar-refractivity contribution in [3.63, 3.8) is 0 Å². The van der Waals surface area contributed by atoms with Crippen LogP contribution < -0.4 is 21.8 Å². The summed E-state index contributed by atoms with van der Waals surface area (Å²) in [5, 5.41) is 5.04. The SMILES string of the molecule is COC1=CC(CNC(=O)CC[C@H](NC(=O)OCc2ccccc2)C(N)=O)ON1. The van der Waals surface area contributed by atoms with Crippen LogP contribution in [-0.4, -0.2) is 43.7 Å². The highest BCUT2D eigenvalue weighted by Gasteiger charge is 2.21. The molecule has 1 unspecified atom stereocenters. The monoisotopic (exact) mass is 392 g/mol. The maximum absolute atomic E-state index is 11.9. The van der Waals surface area contributed by atoms with Crippen molar-refractivity contribution < 1.29 is 28.7 Å². The molecule has 0 spiro atoms. The molecule has 1 heterocycles. The van der Waals surface area contributed by atoms with E-state index in [-0.39, 0.29) is 38.0 Å². The van der Waals surface area contributed by atoms with E-state index in [0.717, 1.165) is 5.56 Å². The summed E-state index contributed by atoms with van der Waals surface area (Å²) in [6.07, 6.45) is 0.571. The largest absolute Gasteiger partial charge is 0.481 e. The number of hydroxylamine groups is 1. The number of rotatable bonds is 10. The van der Waals surface area contributed by atoms with Crippen molar-refractivity contribution in [2.24, 2.45) is 5.73 Å². The number of primary amides is 1. The fourth-order valence-electron chi connectivity index (χ4n) is 2.35. The van der Waals surface area contributed by atoms with E-state index in [4.69, 9.17) is 20.0 Å². The third kappa shape index (κ3) is 7.16. The van der Waals surface area contributed by atoms with Crippen molar-refractivity contribution in [3.05, 3.63) is 47.9 Å². The number of carbonyl (C=O) groups is 3. The van der Waals surface area contributed by atoms with Crippen molar-refractivity contribution in [2.45, 2.75) is 31.6 Å². The fourth-order valence-corrected chi connectivity index (χ4v) is 2.35. The Morgan fingerprint density at radius 3 is 2.68 bits per heavy atom. The van der Waals surface area contributed by atoms with Gasteiger partial charge in [-0.1, -0.05) is 30.3 Å². The van der Waals surface area contributed by atoms with Gasteiger partial charge in [0.05, 0.1) is 13.7 Å². The second-order valence-electron chi connectivity index (χ2n) is 6.00. The van der Waals surface area contributed by atoms with Crippen LogP contribution in [0, 0.1) is 0 Å². The number of ether oxygens (including phenoxy) is 2. The first-order valence-electron chi connectivity index (χ1n) is 8.68. The molecule has 5 N–H and O–H groups in total. The summed E-state index contributed by atoms with van der Waals surface area (Å²) < 4.78 is 10.00. The third-order valence-electron chi connectivity index (χ3n) is 3.88. The van der Waals surface area contributed by atoms with E-state index in [0.29, 0.717) is 5.88 Å². The average Bonchev–Trinajstić information content (AvgIpc) is 3.16. The Balaban J connectivity index is 1.70. The number of nitrogens with two attached hydrogens (primary N) is 1. The van der Waals surface area contributed by atoms with E-state index in [2.05, 4.69) is 16.1 Å². The van der Waals surface area contributed by atoms with Crippen molar-refractivity contribution in [3.8, 4) is 0 Å². The fraction of sp³-hybridized carbons (Fsp3) is 0.389. The van der Waals surface area contributed by atoms with Crippen LogP contribution in [0.4, 0.5) is 4.79 Å². The minimum absolute atomic E-state index is 0.00638. The van der Waals surface area contributed by atoms with Gasteiger partial charge in [0.25, 0.3) is 0 Å². The van der Waals surface area contributed by atoms with E-state index in [9.17, 15) is 14.4 Å². The Hall–Kier alpha value is -3.27. The van der Waals surface area contributed by atoms with Crippen LogP contribution in [0.15, 0.2) is 42.3 Å². The minimum atomic E-state index is -1.02. The van der Waals surface area contributed by atoms with Gasteiger partial charge in [-0.2, -0.15) is 0 Å². The summed E-state index contributed by atoms with van der Waals surface area (Å²) in [5.74, 6) is -0.597. The van der Waals surface area contributed by atoms with Gasteiger partial charge in [-0.3, -0.25) is 14.4 Å². The number of hydrogen-bond donors (Lipinski definition) is 4. The highest BCUT2D eigenvalue weighted by molar-refractivity contribution is 5.85. The van der Waals surface area contributed by atoms with Gasteiger partial charge in [0.1, 0.15) is 18.8 Å². The maximum atomic E-state index is 11.9. The summed E-state index contributed by atoms with van der Waals surface area (Å²) >= 11 is 0. The van der Waals surface area contributed by atoms with Crippen LogP contribution in [0.25, 0.3) is 0 Å². The molecule has 152 valence electrons. The summed E-state index contributed by atoms with van der Waals surface area (Å²) in [4.78, 5) is 40.5. The van der Waals surface area contributed by atoms with Gasteiger partial charge in [-0.25, -0.2) is 10.3 Å². The van der Waals surface area contributed by atoms with E-state index in [1.165, 1.54) is 7.11 Å². The Morgan fingerprint density at radius 2 is 2.04 bits per heavy atom. The molecule has 10 heteroatoms. The van der Waals surface area contributed by atoms with Gasteiger partial charge >= 0.3 is 6.09 Å². The molecule has 0 saturated carbocycles. The van der Waals surface area contributed by atoms with Gasteiger partial charge in [0.15, 0.2) is 0 Å². The Labute approximate surface area is 162 Å². The summed E-state index contributed by atoms with van der Waals surface area (Å²) in [5.41, 5.74) is 8.65. The van der Waals surface area contributed by atoms with E-state index >= 15 is 0 Å². The number of benzene rings is 1. The lowest BCUT2D eigenvalue weighted by atomic mass is 10.1. The van der Waals surface area contributed by atoms with Crippen molar-refractivity contribution in [1.29, 1.82) is 0 Å². The lowest BCUT2D eigenvalue weighted by Crippen LogP contribution is -2.45. The van der Waals surface area contributed by atoms with Crippen molar-refractivity contribution >= 4 is 17.9 Å². The van der Waals surface area contributed by atoms with Crippen LogP contribution in [0.5, 0.6) is 0 Å². The van der Waals surface area contributed by atoms with Gasteiger partial charge in [0.2, 0.25) is 17.7 Å². The molecule has 0 aromatic heterocycles. The lowest BCUT2D eigenvalue weighted by molar-refractivity contribution is -0.122. The number of methoxy groups -OCH3 is 1. The third-order valence-corrected chi connectivity index (χ3v) is 3.88. The summed E-state index contributed by atoms with van der Waals surface area (Å²) in [6, 6.07) is 8.08. The molecule has 0 bridgehead atoms. The molecule has 2 rings (SSSR count). The maximum Gasteiger partial charge on any atom is 0.408 e. The molecule has 10 nitrogen and oxygen atoms in total. The predicted molar refractivity (Wildman–Crippen MR) is 98.1 cm³/mol. The summed E-state index contributed by atoms with van der Waals surface area (Å²) in [7, 11) is 1.49. The Kier molecular flexibility index (Phi) is 8.10. The number of nitrogens with one attached hydrogen (secondary N) is 3. The van der Waals surface area contributed by atoms with Gasteiger partial charge in [-0.15, -0.1) is 0 Å². The average molecular weight is 392 g/mol. The van der Waals surface area contributed by atoms with Gasteiger partial charge < -0.3 is 25.8 Å². The van der Waals surface area contributed by atoms with Gasteiger partial charge in [0, 0.05) is 12.5 Å². The van der Waals surface area contributed by atoms with E-state index in [1.54, 1.807) is 18.2 Å². The number of hydrogen-bond acceptors (Lipinski definition) is 7. The predicted octanol–water partition coefficient (Wildman–Crippen LogP) is 0.0543. The van der Waals surface area contributed by atoms with Crippen molar-refractivity contribution in [2.75, 3.05) is 13.7 Å². The first-order valence-corrected chi connectivity index (χ1v) is 8.68. The minimum Gasteiger partial charge on any atom is -0.481 e. The first-order chi connectivity index (χ1) is 13.5. The number of carbonyl (C=O) groups excluding carboxylic acids is 3. The molecule has 0 radical (unpaired) electrons. The highest BCUT2D eigenvalue weighted by Crippen LogP contribution is 2.06. The second kappa shape index (κ2) is 10.8. The molecule has 0 saturated heterocycles. The Morgan fingerprint density at radius 1 is 1.29 bits per heavy atom.